The van der Waals surface area contributed by atoms with E-state index >= 15 is 0 Å². The summed E-state index contributed by atoms with van der Waals surface area (Å²) in [5.74, 6) is -1.28. The van der Waals surface area contributed by atoms with Crippen molar-refractivity contribution in [3.63, 3.8) is 0 Å². The molecular weight excluding hydrogens is 450 g/mol. The molecule has 1 saturated carbocycles. The summed E-state index contributed by atoms with van der Waals surface area (Å²) in [6, 6.07) is 10.4. The Bertz CT molecular complexity index is 1130. The van der Waals surface area contributed by atoms with Gasteiger partial charge >= 0.3 is 5.97 Å². The van der Waals surface area contributed by atoms with E-state index in [1.54, 1.807) is 0 Å². The van der Waals surface area contributed by atoms with Crippen LogP contribution >= 0.6 is 0 Å². The van der Waals surface area contributed by atoms with Crippen LogP contribution in [0.3, 0.4) is 0 Å². The zero-order valence-corrected chi connectivity index (χ0v) is 18.7. The maximum absolute atomic E-state index is 12.7. The SMILES string of the molecule is O=C(COC(=O)c1ccccc1NS(=O)(=O)c1cccc([N+](=O)[O-])c1)NC1CCCCCC1. The molecule has 1 aliphatic carbocycles. The number of para-hydroxylation sites is 1. The van der Waals surface area contributed by atoms with Gasteiger partial charge in [-0.2, -0.15) is 0 Å². The van der Waals surface area contributed by atoms with Crippen molar-refractivity contribution in [3.05, 3.63) is 64.2 Å². The van der Waals surface area contributed by atoms with E-state index in [1.807, 2.05) is 0 Å². The summed E-state index contributed by atoms with van der Waals surface area (Å²) in [5.41, 5.74) is -0.544. The highest BCUT2D eigenvalue weighted by Gasteiger charge is 2.22. The Morgan fingerprint density at radius 1 is 1.03 bits per heavy atom. The van der Waals surface area contributed by atoms with Crippen molar-refractivity contribution >= 4 is 33.3 Å². The number of carbonyl (C=O) groups excluding carboxylic acids is 2. The van der Waals surface area contributed by atoms with Crippen LogP contribution in [0.1, 0.15) is 48.9 Å². The van der Waals surface area contributed by atoms with Crippen molar-refractivity contribution in [3.8, 4) is 0 Å². The van der Waals surface area contributed by atoms with Gasteiger partial charge in [0.25, 0.3) is 21.6 Å². The average Bonchev–Trinajstić information content (AvgIpc) is 3.06. The Morgan fingerprint density at radius 2 is 1.73 bits per heavy atom. The monoisotopic (exact) mass is 475 g/mol. The van der Waals surface area contributed by atoms with Crippen molar-refractivity contribution in [2.75, 3.05) is 11.3 Å². The molecule has 1 fully saturated rings. The lowest BCUT2D eigenvalue weighted by molar-refractivity contribution is -0.385. The summed E-state index contributed by atoms with van der Waals surface area (Å²) in [6.07, 6.45) is 6.16. The van der Waals surface area contributed by atoms with Crippen LogP contribution < -0.4 is 10.0 Å². The Balaban J connectivity index is 1.67. The van der Waals surface area contributed by atoms with Crippen LogP contribution in [0, 0.1) is 10.1 Å². The molecule has 0 bridgehead atoms. The van der Waals surface area contributed by atoms with Crippen LogP contribution in [0.15, 0.2) is 53.4 Å². The molecule has 3 rings (SSSR count). The summed E-state index contributed by atoms with van der Waals surface area (Å²) >= 11 is 0. The third-order valence-corrected chi connectivity index (χ3v) is 6.65. The van der Waals surface area contributed by atoms with Crippen LogP contribution in [0.25, 0.3) is 0 Å². The molecular formula is C22H25N3O7S. The molecule has 0 aliphatic heterocycles. The Labute approximate surface area is 191 Å². The molecule has 0 spiro atoms. The number of ether oxygens (including phenoxy) is 1. The van der Waals surface area contributed by atoms with Gasteiger partial charge in [-0.1, -0.05) is 43.9 Å². The molecule has 0 radical (unpaired) electrons. The standard InChI is InChI=1S/C22H25N3O7S/c26-21(23-16-8-3-1-2-4-9-16)15-32-22(27)19-12-5-6-13-20(19)24-33(30,31)18-11-7-10-17(14-18)25(28)29/h5-7,10-14,16,24H,1-4,8-9,15H2,(H,23,26). The number of non-ortho nitro benzene ring substituents is 1. The number of nitro groups is 1. The van der Waals surface area contributed by atoms with Crippen molar-refractivity contribution in [2.45, 2.75) is 49.5 Å². The largest absolute Gasteiger partial charge is 0.452 e. The van der Waals surface area contributed by atoms with Gasteiger partial charge < -0.3 is 10.1 Å². The zero-order valence-electron chi connectivity index (χ0n) is 17.9. The first kappa shape index (κ1) is 24.2. The van der Waals surface area contributed by atoms with E-state index < -0.39 is 33.4 Å². The number of carbonyl (C=O) groups is 2. The van der Waals surface area contributed by atoms with E-state index in [1.165, 1.54) is 42.5 Å². The van der Waals surface area contributed by atoms with Gasteiger partial charge in [-0.25, -0.2) is 13.2 Å². The van der Waals surface area contributed by atoms with Gasteiger partial charge in [0, 0.05) is 18.2 Å². The number of rotatable bonds is 8. The first-order valence-corrected chi connectivity index (χ1v) is 12.1. The molecule has 176 valence electrons. The highest BCUT2D eigenvalue weighted by molar-refractivity contribution is 7.92. The maximum atomic E-state index is 12.7. The van der Waals surface area contributed by atoms with Gasteiger partial charge in [0.15, 0.2) is 6.61 Å². The van der Waals surface area contributed by atoms with Gasteiger partial charge in [-0.15, -0.1) is 0 Å². The molecule has 2 aromatic carbocycles. The number of esters is 1. The molecule has 0 saturated heterocycles. The van der Waals surface area contributed by atoms with Crippen molar-refractivity contribution < 1.29 is 27.7 Å². The number of benzene rings is 2. The fraction of sp³-hybridized carbons (Fsp3) is 0.364. The van der Waals surface area contributed by atoms with Crippen LogP contribution in [0.5, 0.6) is 0 Å². The Kier molecular flexibility index (Phi) is 7.99. The van der Waals surface area contributed by atoms with Gasteiger partial charge in [-0.05, 0) is 31.0 Å². The summed E-state index contributed by atoms with van der Waals surface area (Å²) in [4.78, 5) is 34.7. The zero-order chi connectivity index (χ0) is 23.8. The molecule has 33 heavy (non-hydrogen) atoms. The second kappa shape index (κ2) is 10.9. The fourth-order valence-corrected chi connectivity index (χ4v) is 4.74. The van der Waals surface area contributed by atoms with Gasteiger partial charge in [0.2, 0.25) is 0 Å². The lowest BCUT2D eigenvalue weighted by atomic mass is 10.1. The number of nitrogens with one attached hydrogen (secondary N) is 2. The normalized spacial score (nSPS) is 14.7. The van der Waals surface area contributed by atoms with E-state index in [0.717, 1.165) is 44.6 Å². The number of anilines is 1. The van der Waals surface area contributed by atoms with E-state index in [2.05, 4.69) is 10.0 Å². The first-order chi connectivity index (χ1) is 15.8. The molecule has 0 unspecified atom stereocenters. The quantitative estimate of drug-likeness (QED) is 0.258. The van der Waals surface area contributed by atoms with E-state index in [4.69, 9.17) is 4.74 Å². The number of nitro benzene ring substituents is 1. The van der Waals surface area contributed by atoms with Crippen molar-refractivity contribution in [1.82, 2.24) is 5.32 Å². The minimum Gasteiger partial charge on any atom is -0.452 e. The van der Waals surface area contributed by atoms with E-state index in [9.17, 15) is 28.1 Å². The van der Waals surface area contributed by atoms with Crippen molar-refractivity contribution in [2.24, 2.45) is 0 Å². The highest BCUT2D eigenvalue weighted by Crippen LogP contribution is 2.23. The van der Waals surface area contributed by atoms with Crippen molar-refractivity contribution in [1.29, 1.82) is 0 Å². The molecule has 2 aromatic rings. The predicted molar refractivity (Wildman–Crippen MR) is 120 cm³/mol. The summed E-state index contributed by atoms with van der Waals surface area (Å²) < 4.78 is 32.8. The second-order valence-electron chi connectivity index (χ2n) is 7.74. The fourth-order valence-electron chi connectivity index (χ4n) is 3.62. The van der Waals surface area contributed by atoms with Crippen LogP contribution in [0.4, 0.5) is 11.4 Å². The van der Waals surface area contributed by atoms with Crippen LogP contribution in [-0.2, 0) is 19.6 Å². The van der Waals surface area contributed by atoms with E-state index in [0.29, 0.717) is 0 Å². The number of hydrogen-bond donors (Lipinski definition) is 2. The number of amides is 1. The molecule has 0 heterocycles. The number of sulfonamides is 1. The van der Waals surface area contributed by atoms with Gasteiger partial charge in [0.05, 0.1) is 21.1 Å². The summed E-state index contributed by atoms with van der Waals surface area (Å²) in [7, 11) is -4.22. The molecule has 1 amide bonds. The topological polar surface area (TPSA) is 145 Å². The molecule has 10 nitrogen and oxygen atoms in total. The smallest absolute Gasteiger partial charge is 0.340 e. The molecule has 11 heteroatoms. The highest BCUT2D eigenvalue weighted by atomic mass is 32.2. The predicted octanol–water partition coefficient (Wildman–Crippen LogP) is 3.39. The maximum Gasteiger partial charge on any atom is 0.340 e. The Morgan fingerprint density at radius 3 is 2.42 bits per heavy atom. The summed E-state index contributed by atoms with van der Waals surface area (Å²) in [5, 5.41) is 13.8. The lowest BCUT2D eigenvalue weighted by Crippen LogP contribution is -2.37. The summed E-state index contributed by atoms with van der Waals surface area (Å²) in [6.45, 7) is -0.485. The second-order valence-corrected chi connectivity index (χ2v) is 9.42. The molecule has 1 aliphatic rings. The third-order valence-electron chi connectivity index (χ3n) is 5.28. The average molecular weight is 476 g/mol. The number of hydrogen-bond acceptors (Lipinski definition) is 7. The molecule has 0 atom stereocenters. The Hall–Kier alpha value is -3.47. The number of nitrogens with zero attached hydrogens (tertiary/aromatic N) is 1. The first-order valence-electron chi connectivity index (χ1n) is 10.6. The van der Waals surface area contributed by atoms with Gasteiger partial charge in [-0.3, -0.25) is 19.6 Å². The molecule has 2 N–H and O–H groups in total. The minimum atomic E-state index is -4.22. The van der Waals surface area contributed by atoms with Crippen LogP contribution in [-0.4, -0.2) is 37.9 Å². The minimum absolute atomic E-state index is 0.0627. The van der Waals surface area contributed by atoms with Crippen LogP contribution in [0.2, 0.25) is 0 Å². The molecule has 0 aromatic heterocycles. The van der Waals surface area contributed by atoms with E-state index in [-0.39, 0.29) is 27.9 Å². The third kappa shape index (κ3) is 6.75. The van der Waals surface area contributed by atoms with Gasteiger partial charge in [0.1, 0.15) is 0 Å². The lowest BCUT2D eigenvalue weighted by Gasteiger charge is -2.16.